The minimum absolute atomic E-state index is 0.0157. The Kier molecular flexibility index (Phi) is 10.2. The van der Waals surface area contributed by atoms with E-state index in [2.05, 4.69) is 28.2 Å². The summed E-state index contributed by atoms with van der Waals surface area (Å²) in [6.45, 7) is 3.58. The van der Waals surface area contributed by atoms with Gasteiger partial charge in [-0.1, -0.05) is 54.9 Å². The van der Waals surface area contributed by atoms with Crippen molar-refractivity contribution < 1.29 is 23.6 Å². The van der Waals surface area contributed by atoms with Crippen LogP contribution in [0.4, 0.5) is 10.5 Å². The molecule has 0 aliphatic carbocycles. The molecule has 0 saturated heterocycles. The minimum Gasteiger partial charge on any atom is -0.491 e. The van der Waals surface area contributed by atoms with Gasteiger partial charge in [0.1, 0.15) is 31.1 Å². The van der Waals surface area contributed by atoms with Crippen LogP contribution in [0, 0.1) is 0 Å². The molecule has 4 aromatic rings. The zero-order valence-corrected chi connectivity index (χ0v) is 24.0. The lowest BCUT2D eigenvalue weighted by Crippen LogP contribution is -2.38. The molecular formula is C30H30BrClN3O4+. The standard InChI is InChI=1S/C30H29BrClN3O4/c1-2-15-34-20-23(19-24(31)21-34)29(36)33-14-17-39-30(37)35(26-12-10-25(32)11-13-26)16-18-38-28-9-5-7-22-6-3-4-8-27(22)28/h3-13,19-21H,2,14-18H2,1H3/p+1. The molecule has 7 nitrogen and oxygen atoms in total. The smallest absolute Gasteiger partial charge is 0.414 e. The SMILES string of the molecule is CCC[n+]1cc(Br)cc(C(=O)NCCOC(=O)N(CCOc2cccc3ccccc23)c2ccc(Cl)cc2)c1. The summed E-state index contributed by atoms with van der Waals surface area (Å²) in [5.74, 6) is 0.503. The normalized spacial score (nSPS) is 10.7. The Hall–Kier alpha value is -3.62. The van der Waals surface area contributed by atoms with E-state index in [0.717, 1.165) is 34.0 Å². The first-order valence-corrected chi connectivity index (χ1v) is 13.9. The van der Waals surface area contributed by atoms with Gasteiger partial charge in [0.25, 0.3) is 5.91 Å². The Bertz CT molecular complexity index is 1430. The maximum atomic E-state index is 13.1. The number of amides is 2. The van der Waals surface area contributed by atoms with Crippen molar-refractivity contribution in [1.82, 2.24) is 5.32 Å². The van der Waals surface area contributed by atoms with Crippen molar-refractivity contribution in [1.29, 1.82) is 0 Å². The molecule has 0 bridgehead atoms. The molecule has 202 valence electrons. The summed E-state index contributed by atoms with van der Waals surface area (Å²) in [7, 11) is 0. The van der Waals surface area contributed by atoms with Crippen molar-refractivity contribution in [3.05, 3.63) is 100 Å². The van der Waals surface area contributed by atoms with Crippen LogP contribution in [0.25, 0.3) is 10.8 Å². The first-order chi connectivity index (χ1) is 18.9. The molecule has 39 heavy (non-hydrogen) atoms. The maximum absolute atomic E-state index is 13.1. The van der Waals surface area contributed by atoms with E-state index >= 15 is 0 Å². The Morgan fingerprint density at radius 3 is 2.56 bits per heavy atom. The fourth-order valence-electron chi connectivity index (χ4n) is 4.11. The highest BCUT2D eigenvalue weighted by molar-refractivity contribution is 9.10. The number of hydrogen-bond acceptors (Lipinski definition) is 4. The number of anilines is 1. The van der Waals surface area contributed by atoms with Crippen LogP contribution in [-0.2, 0) is 11.3 Å². The fourth-order valence-corrected chi connectivity index (χ4v) is 4.74. The summed E-state index contributed by atoms with van der Waals surface area (Å²) < 4.78 is 14.3. The Balaban J connectivity index is 1.34. The molecule has 0 unspecified atom stereocenters. The van der Waals surface area contributed by atoms with Crippen LogP contribution in [0.3, 0.4) is 0 Å². The van der Waals surface area contributed by atoms with Gasteiger partial charge in [-0.25, -0.2) is 9.36 Å². The predicted molar refractivity (Wildman–Crippen MR) is 157 cm³/mol. The second-order valence-electron chi connectivity index (χ2n) is 8.80. The van der Waals surface area contributed by atoms with E-state index in [1.54, 1.807) is 36.5 Å². The molecule has 0 fully saturated rings. The van der Waals surface area contributed by atoms with Crippen molar-refractivity contribution in [2.45, 2.75) is 19.9 Å². The van der Waals surface area contributed by atoms with E-state index < -0.39 is 6.09 Å². The largest absolute Gasteiger partial charge is 0.491 e. The lowest BCUT2D eigenvalue weighted by molar-refractivity contribution is -0.697. The van der Waals surface area contributed by atoms with Crippen molar-refractivity contribution >= 4 is 56.0 Å². The number of pyridine rings is 1. The minimum atomic E-state index is -0.545. The first kappa shape index (κ1) is 28.4. The van der Waals surface area contributed by atoms with Gasteiger partial charge in [-0.3, -0.25) is 9.69 Å². The molecule has 1 heterocycles. The average Bonchev–Trinajstić information content (AvgIpc) is 2.94. The number of fused-ring (bicyclic) bond motifs is 1. The third kappa shape index (κ3) is 7.94. The summed E-state index contributed by atoms with van der Waals surface area (Å²) in [5.41, 5.74) is 1.15. The van der Waals surface area contributed by atoms with Gasteiger partial charge in [-0.05, 0) is 57.7 Å². The Morgan fingerprint density at radius 1 is 1.00 bits per heavy atom. The second-order valence-corrected chi connectivity index (χ2v) is 10.2. The topological polar surface area (TPSA) is 71.8 Å². The highest BCUT2D eigenvalue weighted by Gasteiger charge is 2.18. The Morgan fingerprint density at radius 2 is 1.77 bits per heavy atom. The van der Waals surface area contributed by atoms with E-state index in [-0.39, 0.29) is 32.2 Å². The molecule has 0 aliphatic heterocycles. The van der Waals surface area contributed by atoms with Gasteiger partial charge in [0, 0.05) is 22.5 Å². The van der Waals surface area contributed by atoms with Crippen LogP contribution in [0.2, 0.25) is 5.02 Å². The zero-order chi connectivity index (χ0) is 27.6. The lowest BCUT2D eigenvalue weighted by Gasteiger charge is -2.23. The second kappa shape index (κ2) is 14.0. The van der Waals surface area contributed by atoms with E-state index in [1.165, 1.54) is 4.90 Å². The van der Waals surface area contributed by atoms with Gasteiger partial charge in [-0.15, -0.1) is 0 Å². The molecule has 4 rings (SSSR count). The summed E-state index contributed by atoms with van der Waals surface area (Å²) in [4.78, 5) is 27.2. The number of carbonyl (C=O) groups is 2. The number of hydrogen-bond donors (Lipinski definition) is 1. The molecule has 0 atom stereocenters. The molecule has 1 aromatic heterocycles. The number of halogens is 2. The van der Waals surface area contributed by atoms with Crippen LogP contribution in [-0.4, -0.2) is 38.3 Å². The third-order valence-corrected chi connectivity index (χ3v) is 6.61. The maximum Gasteiger partial charge on any atom is 0.414 e. The number of nitrogens with one attached hydrogen (secondary N) is 1. The number of aryl methyl sites for hydroxylation is 1. The summed E-state index contributed by atoms with van der Waals surface area (Å²) in [5, 5.41) is 5.45. The van der Waals surface area contributed by atoms with Crippen molar-refractivity contribution in [2.75, 3.05) is 31.2 Å². The highest BCUT2D eigenvalue weighted by Crippen LogP contribution is 2.25. The molecule has 2 amide bonds. The number of nitrogens with zero attached hydrogens (tertiary/aromatic N) is 2. The van der Waals surface area contributed by atoms with E-state index in [0.29, 0.717) is 16.3 Å². The van der Waals surface area contributed by atoms with E-state index in [4.69, 9.17) is 21.1 Å². The highest BCUT2D eigenvalue weighted by atomic mass is 79.9. The molecule has 0 radical (unpaired) electrons. The Labute approximate surface area is 241 Å². The molecule has 3 aromatic carbocycles. The van der Waals surface area contributed by atoms with Crippen LogP contribution in [0.1, 0.15) is 23.7 Å². The monoisotopic (exact) mass is 610 g/mol. The summed E-state index contributed by atoms with van der Waals surface area (Å²) >= 11 is 9.50. The zero-order valence-electron chi connectivity index (χ0n) is 21.6. The van der Waals surface area contributed by atoms with Gasteiger partial charge in [0.15, 0.2) is 12.4 Å². The number of rotatable bonds is 11. The van der Waals surface area contributed by atoms with Crippen LogP contribution in [0.15, 0.2) is 89.7 Å². The molecule has 1 N–H and O–H groups in total. The van der Waals surface area contributed by atoms with Crippen molar-refractivity contribution in [3.63, 3.8) is 0 Å². The molecule has 9 heteroatoms. The van der Waals surface area contributed by atoms with Crippen molar-refractivity contribution in [3.8, 4) is 5.75 Å². The lowest BCUT2D eigenvalue weighted by atomic mass is 10.1. The van der Waals surface area contributed by atoms with Crippen molar-refractivity contribution in [2.24, 2.45) is 0 Å². The molecule has 0 spiro atoms. The van der Waals surface area contributed by atoms with Gasteiger partial charge in [-0.2, -0.15) is 0 Å². The summed E-state index contributed by atoms with van der Waals surface area (Å²) in [6.07, 6.45) is 4.14. The summed E-state index contributed by atoms with van der Waals surface area (Å²) in [6, 6.07) is 22.5. The average molecular weight is 612 g/mol. The van der Waals surface area contributed by atoms with Crippen LogP contribution >= 0.6 is 27.5 Å². The molecule has 0 saturated carbocycles. The molecule has 0 aliphatic rings. The third-order valence-electron chi connectivity index (χ3n) is 5.93. The number of benzene rings is 3. The predicted octanol–water partition coefficient (Wildman–Crippen LogP) is 6.41. The fraction of sp³-hybridized carbons (Fsp3) is 0.233. The number of aromatic nitrogens is 1. The van der Waals surface area contributed by atoms with Crippen LogP contribution < -0.4 is 19.5 Å². The first-order valence-electron chi connectivity index (χ1n) is 12.7. The number of carbonyl (C=O) groups excluding carboxylic acids is 2. The van der Waals surface area contributed by atoms with Gasteiger partial charge in [0.05, 0.1) is 17.6 Å². The van der Waals surface area contributed by atoms with Gasteiger partial charge in [0.2, 0.25) is 0 Å². The quantitative estimate of drug-likeness (QED) is 0.157. The van der Waals surface area contributed by atoms with Gasteiger partial charge < -0.3 is 14.8 Å². The van der Waals surface area contributed by atoms with Gasteiger partial charge >= 0.3 is 6.09 Å². The van der Waals surface area contributed by atoms with E-state index in [1.807, 2.05) is 53.2 Å². The molecular weight excluding hydrogens is 582 g/mol. The number of ether oxygens (including phenoxy) is 2. The van der Waals surface area contributed by atoms with E-state index in [9.17, 15) is 9.59 Å². The van der Waals surface area contributed by atoms with Crippen LogP contribution in [0.5, 0.6) is 5.75 Å².